The smallest absolute Gasteiger partial charge is 0.236 e. The Morgan fingerprint density at radius 2 is 1.58 bits per heavy atom. The molecular formula is C18H35Cl2N3O. The Morgan fingerprint density at radius 3 is 2.25 bits per heavy atom. The van der Waals surface area contributed by atoms with Crippen LogP contribution in [0.25, 0.3) is 0 Å². The fourth-order valence-electron chi connectivity index (χ4n) is 3.94. The van der Waals surface area contributed by atoms with Gasteiger partial charge in [-0.2, -0.15) is 0 Å². The van der Waals surface area contributed by atoms with E-state index < -0.39 is 0 Å². The van der Waals surface area contributed by atoms with E-state index in [1.54, 1.807) is 0 Å². The van der Waals surface area contributed by atoms with Gasteiger partial charge in [0.1, 0.15) is 0 Å². The summed E-state index contributed by atoms with van der Waals surface area (Å²) in [7, 11) is 0. The Hall–Kier alpha value is -0.0300. The zero-order valence-corrected chi connectivity index (χ0v) is 16.5. The highest BCUT2D eigenvalue weighted by atomic mass is 35.5. The maximum atomic E-state index is 12.3. The summed E-state index contributed by atoms with van der Waals surface area (Å²) >= 11 is 0. The lowest BCUT2D eigenvalue weighted by Gasteiger charge is -2.35. The molecule has 0 aromatic heterocycles. The summed E-state index contributed by atoms with van der Waals surface area (Å²) in [5, 5.41) is 3.35. The van der Waals surface area contributed by atoms with E-state index in [-0.39, 0.29) is 24.8 Å². The Kier molecular flexibility index (Phi) is 10.6. The summed E-state index contributed by atoms with van der Waals surface area (Å²) in [6.45, 7) is 7.30. The molecule has 0 aromatic rings. The number of likely N-dealkylation sites (tertiary alicyclic amines) is 2. The number of rotatable bonds is 6. The number of amides is 1. The first kappa shape index (κ1) is 22.0. The van der Waals surface area contributed by atoms with Crippen LogP contribution in [-0.4, -0.2) is 61.5 Å². The van der Waals surface area contributed by atoms with Crippen LogP contribution in [0.5, 0.6) is 0 Å². The average Bonchev–Trinajstić information content (AvgIpc) is 3.35. The molecule has 1 atom stereocenters. The van der Waals surface area contributed by atoms with Crippen LogP contribution in [0.1, 0.15) is 51.4 Å². The lowest BCUT2D eigenvalue weighted by molar-refractivity contribution is -0.132. The van der Waals surface area contributed by atoms with Crippen molar-refractivity contribution in [2.24, 2.45) is 11.8 Å². The first-order chi connectivity index (χ1) is 10.8. The number of nitrogens with one attached hydrogen (secondary N) is 1. The number of halogens is 2. The van der Waals surface area contributed by atoms with Crippen molar-refractivity contribution in [2.45, 2.75) is 51.4 Å². The minimum Gasteiger partial charge on any atom is -0.341 e. The number of carbonyl (C=O) groups is 1. The second-order valence-electron chi connectivity index (χ2n) is 7.64. The molecule has 0 aromatic carbocycles. The molecule has 1 unspecified atom stereocenters. The third-order valence-corrected chi connectivity index (χ3v) is 5.49. The predicted octanol–water partition coefficient (Wildman–Crippen LogP) is 2.94. The minimum atomic E-state index is 0. The van der Waals surface area contributed by atoms with Crippen molar-refractivity contribution < 1.29 is 4.79 Å². The zero-order chi connectivity index (χ0) is 15.2. The molecule has 1 N–H and O–H groups in total. The van der Waals surface area contributed by atoms with E-state index in [0.29, 0.717) is 18.4 Å². The predicted molar refractivity (Wildman–Crippen MR) is 104 cm³/mol. The third kappa shape index (κ3) is 7.47. The number of hydrogen-bond acceptors (Lipinski definition) is 3. The van der Waals surface area contributed by atoms with Gasteiger partial charge in [-0.3, -0.25) is 4.79 Å². The van der Waals surface area contributed by atoms with Crippen molar-refractivity contribution >= 4 is 30.7 Å². The second-order valence-corrected chi connectivity index (χ2v) is 7.64. The molecule has 1 amide bonds. The molecule has 1 saturated carbocycles. The molecule has 3 aliphatic rings. The fraction of sp³-hybridized carbons (Fsp3) is 0.944. The van der Waals surface area contributed by atoms with Crippen LogP contribution in [0.2, 0.25) is 0 Å². The van der Waals surface area contributed by atoms with Crippen LogP contribution in [0.15, 0.2) is 0 Å². The Bertz CT molecular complexity index is 358. The van der Waals surface area contributed by atoms with Gasteiger partial charge in [0.05, 0.1) is 6.54 Å². The van der Waals surface area contributed by atoms with Gasteiger partial charge in [0.25, 0.3) is 0 Å². The van der Waals surface area contributed by atoms with E-state index in [0.717, 1.165) is 25.6 Å². The maximum Gasteiger partial charge on any atom is 0.236 e. The van der Waals surface area contributed by atoms with Gasteiger partial charge < -0.3 is 15.1 Å². The molecule has 6 heteroatoms. The summed E-state index contributed by atoms with van der Waals surface area (Å²) < 4.78 is 0. The van der Waals surface area contributed by atoms with Crippen LogP contribution < -0.4 is 5.32 Å². The van der Waals surface area contributed by atoms with Gasteiger partial charge in [-0.25, -0.2) is 0 Å². The van der Waals surface area contributed by atoms with Gasteiger partial charge >= 0.3 is 0 Å². The van der Waals surface area contributed by atoms with Crippen LogP contribution in [-0.2, 0) is 4.79 Å². The Balaban J connectivity index is 0.00000144. The lowest BCUT2D eigenvalue weighted by Crippen LogP contribution is -2.46. The molecule has 2 aliphatic heterocycles. The molecule has 2 heterocycles. The largest absolute Gasteiger partial charge is 0.341 e. The molecule has 3 fully saturated rings. The van der Waals surface area contributed by atoms with Crippen molar-refractivity contribution in [2.75, 3.05) is 45.8 Å². The van der Waals surface area contributed by atoms with Crippen LogP contribution >= 0.6 is 24.8 Å². The fourth-order valence-corrected chi connectivity index (χ4v) is 3.94. The molecular weight excluding hydrogens is 345 g/mol. The van der Waals surface area contributed by atoms with Gasteiger partial charge in [0.15, 0.2) is 0 Å². The van der Waals surface area contributed by atoms with Crippen molar-refractivity contribution in [3.8, 4) is 0 Å². The highest BCUT2D eigenvalue weighted by molar-refractivity contribution is 5.85. The number of nitrogens with zero attached hydrogens (tertiary/aromatic N) is 2. The molecule has 1 aliphatic carbocycles. The highest BCUT2D eigenvalue weighted by Gasteiger charge is 2.26. The van der Waals surface area contributed by atoms with Crippen LogP contribution in [0.3, 0.4) is 0 Å². The topological polar surface area (TPSA) is 35.6 Å². The summed E-state index contributed by atoms with van der Waals surface area (Å²) in [6.07, 6.45) is 10.7. The van der Waals surface area contributed by atoms with Crippen LogP contribution in [0, 0.1) is 11.8 Å². The van der Waals surface area contributed by atoms with E-state index in [2.05, 4.69) is 15.1 Å². The molecule has 3 rings (SSSR count). The van der Waals surface area contributed by atoms with Crippen molar-refractivity contribution in [1.29, 1.82) is 0 Å². The molecule has 2 saturated heterocycles. The quantitative estimate of drug-likeness (QED) is 0.770. The summed E-state index contributed by atoms with van der Waals surface area (Å²) in [5.74, 6) is 1.87. The highest BCUT2D eigenvalue weighted by Crippen LogP contribution is 2.27. The van der Waals surface area contributed by atoms with Gasteiger partial charge in [0.2, 0.25) is 5.91 Å². The zero-order valence-electron chi connectivity index (χ0n) is 14.9. The Morgan fingerprint density at radius 1 is 0.875 bits per heavy atom. The van der Waals surface area contributed by atoms with Gasteiger partial charge in [-0.1, -0.05) is 12.8 Å². The monoisotopic (exact) mass is 379 g/mol. The van der Waals surface area contributed by atoms with Gasteiger partial charge in [-0.15, -0.1) is 24.8 Å². The number of carbonyl (C=O) groups excluding carboxylic acids is 1. The first-order valence-electron chi connectivity index (χ1n) is 9.52. The van der Waals surface area contributed by atoms with E-state index in [4.69, 9.17) is 0 Å². The SMILES string of the molecule is Cl.Cl.O=C(CNCC1CC1)N1CCCC(CN2CCCCCC2)C1. The summed E-state index contributed by atoms with van der Waals surface area (Å²) in [5.41, 5.74) is 0. The van der Waals surface area contributed by atoms with E-state index in [1.807, 2.05) is 0 Å². The first-order valence-corrected chi connectivity index (χ1v) is 9.52. The standard InChI is InChI=1S/C18H33N3O.2ClH/c22-18(13-19-12-16-7-8-16)21-11-5-6-17(15-21)14-20-9-3-1-2-4-10-20;;/h16-17,19H,1-15H2;2*1H. The van der Waals surface area contributed by atoms with Crippen molar-refractivity contribution in [3.05, 3.63) is 0 Å². The summed E-state index contributed by atoms with van der Waals surface area (Å²) in [6, 6.07) is 0. The second kappa shape index (κ2) is 11.6. The normalized spacial score (nSPS) is 25.3. The number of hydrogen-bond donors (Lipinski definition) is 1. The molecule has 0 spiro atoms. The van der Waals surface area contributed by atoms with E-state index >= 15 is 0 Å². The van der Waals surface area contributed by atoms with Crippen molar-refractivity contribution in [3.63, 3.8) is 0 Å². The minimum absolute atomic E-state index is 0. The van der Waals surface area contributed by atoms with Crippen molar-refractivity contribution in [1.82, 2.24) is 15.1 Å². The summed E-state index contributed by atoms with van der Waals surface area (Å²) in [4.78, 5) is 17.1. The van der Waals surface area contributed by atoms with E-state index in [1.165, 1.54) is 71.0 Å². The molecule has 0 bridgehead atoms. The average molecular weight is 380 g/mol. The molecule has 0 radical (unpaired) electrons. The van der Waals surface area contributed by atoms with E-state index in [9.17, 15) is 4.79 Å². The maximum absolute atomic E-state index is 12.3. The third-order valence-electron chi connectivity index (χ3n) is 5.49. The number of piperidine rings is 1. The Labute approximate surface area is 159 Å². The van der Waals surface area contributed by atoms with Gasteiger partial charge in [0, 0.05) is 19.6 Å². The molecule has 4 nitrogen and oxygen atoms in total. The van der Waals surface area contributed by atoms with Crippen LogP contribution in [0.4, 0.5) is 0 Å². The lowest BCUT2D eigenvalue weighted by atomic mass is 9.97. The van der Waals surface area contributed by atoms with Gasteiger partial charge in [-0.05, 0) is 70.0 Å². The molecule has 24 heavy (non-hydrogen) atoms. The molecule has 142 valence electrons.